The Hall–Kier alpha value is -1.17. The molecule has 3 heteroatoms. The zero-order valence-electron chi connectivity index (χ0n) is 3.05. The molecule has 0 aliphatic heterocycles. The highest BCUT2D eigenvalue weighted by molar-refractivity contribution is 5.03. The molecule has 0 spiro atoms. The normalized spacial score (nSPS) is 10.2. The Kier molecular flexibility index (Phi) is 1.68. The monoisotopic (exact) mass is 84.0 g/mol. The molecule has 6 heavy (non-hydrogen) atoms. The van der Waals surface area contributed by atoms with E-state index < -0.39 is 5.88 Å². The summed E-state index contributed by atoms with van der Waals surface area (Å²) in [6.45, 7) is 0. The molecule has 3 N–H and O–H groups in total. The van der Waals surface area contributed by atoms with Crippen LogP contribution < -0.4 is 5.73 Å². The van der Waals surface area contributed by atoms with Gasteiger partial charge in [0.25, 0.3) is 0 Å². The summed E-state index contributed by atoms with van der Waals surface area (Å²) in [5, 5.41) is 15.6. The SMILES string of the molecule is N#C/C=C(\N)O. The van der Waals surface area contributed by atoms with Gasteiger partial charge in [0, 0.05) is 0 Å². The van der Waals surface area contributed by atoms with E-state index in [4.69, 9.17) is 10.4 Å². The second-order valence-electron chi connectivity index (χ2n) is 0.698. The second kappa shape index (κ2) is 2.09. The van der Waals surface area contributed by atoms with E-state index in [1.807, 2.05) is 0 Å². The quantitative estimate of drug-likeness (QED) is 0.317. The summed E-state index contributed by atoms with van der Waals surface area (Å²) >= 11 is 0. The first-order chi connectivity index (χ1) is 2.77. The Bertz CT molecular complexity index is 95.9. The number of aliphatic hydroxyl groups is 1. The van der Waals surface area contributed by atoms with Crippen molar-refractivity contribution in [3.05, 3.63) is 12.0 Å². The van der Waals surface area contributed by atoms with Gasteiger partial charge in [-0.15, -0.1) is 0 Å². The number of nitriles is 1. The van der Waals surface area contributed by atoms with Crippen molar-refractivity contribution >= 4 is 0 Å². The van der Waals surface area contributed by atoms with Crippen LogP contribution in [-0.2, 0) is 0 Å². The molecule has 0 radical (unpaired) electrons. The number of hydrogen-bond donors (Lipinski definition) is 2. The number of rotatable bonds is 0. The molecule has 3 nitrogen and oxygen atoms in total. The standard InChI is InChI=1S/C3H4N2O/c4-2-1-3(5)6/h1,6H,5H2/b3-1+. The van der Waals surface area contributed by atoms with Gasteiger partial charge in [-0.3, -0.25) is 0 Å². The van der Waals surface area contributed by atoms with Gasteiger partial charge in [0.05, 0.1) is 12.1 Å². The van der Waals surface area contributed by atoms with Crippen LogP contribution in [0, 0.1) is 11.3 Å². The van der Waals surface area contributed by atoms with Gasteiger partial charge in [-0.2, -0.15) is 5.26 Å². The fourth-order valence-corrected chi connectivity index (χ4v) is 0.0661. The summed E-state index contributed by atoms with van der Waals surface area (Å²) in [4.78, 5) is 0. The molecule has 0 saturated carbocycles. The van der Waals surface area contributed by atoms with E-state index >= 15 is 0 Å². The van der Waals surface area contributed by atoms with Crippen molar-refractivity contribution in [2.24, 2.45) is 5.73 Å². The smallest absolute Gasteiger partial charge is 0.192 e. The molecule has 0 atom stereocenters. The van der Waals surface area contributed by atoms with E-state index in [-0.39, 0.29) is 0 Å². The van der Waals surface area contributed by atoms with Gasteiger partial charge in [0.1, 0.15) is 0 Å². The molecule has 32 valence electrons. The van der Waals surface area contributed by atoms with E-state index in [9.17, 15) is 0 Å². The second-order valence-corrected chi connectivity index (χ2v) is 0.698. The highest BCUT2D eigenvalue weighted by atomic mass is 16.3. The largest absolute Gasteiger partial charge is 0.494 e. The third kappa shape index (κ3) is 2.83. The Morgan fingerprint density at radius 3 is 2.50 bits per heavy atom. The molecule has 0 unspecified atom stereocenters. The van der Waals surface area contributed by atoms with Gasteiger partial charge in [-0.1, -0.05) is 0 Å². The Morgan fingerprint density at radius 1 is 2.00 bits per heavy atom. The van der Waals surface area contributed by atoms with Crippen LogP contribution in [0.2, 0.25) is 0 Å². The van der Waals surface area contributed by atoms with Crippen LogP contribution in [0.5, 0.6) is 0 Å². The van der Waals surface area contributed by atoms with Crippen molar-refractivity contribution in [2.75, 3.05) is 0 Å². The molecule has 0 aromatic rings. The minimum Gasteiger partial charge on any atom is -0.494 e. The molecule has 0 saturated heterocycles. The maximum atomic E-state index is 7.97. The zero-order chi connectivity index (χ0) is 4.99. The Balaban J connectivity index is 3.51. The van der Waals surface area contributed by atoms with Crippen LogP contribution >= 0.6 is 0 Å². The van der Waals surface area contributed by atoms with E-state index in [1.165, 1.54) is 6.07 Å². The molecule has 0 bridgehead atoms. The lowest BCUT2D eigenvalue weighted by Crippen LogP contribution is -1.91. The number of nitrogens with zero attached hydrogens (tertiary/aromatic N) is 1. The first-order valence-corrected chi connectivity index (χ1v) is 1.31. The molecule has 0 aromatic carbocycles. The molecule has 0 fully saturated rings. The van der Waals surface area contributed by atoms with Crippen LogP contribution in [0.15, 0.2) is 12.0 Å². The van der Waals surface area contributed by atoms with Gasteiger partial charge >= 0.3 is 0 Å². The van der Waals surface area contributed by atoms with E-state index in [1.54, 1.807) is 0 Å². The Labute approximate surface area is 35.3 Å². The lowest BCUT2D eigenvalue weighted by Gasteiger charge is -1.75. The molecular formula is C3H4N2O. The maximum absolute atomic E-state index is 7.97. The van der Waals surface area contributed by atoms with Crippen molar-refractivity contribution in [1.29, 1.82) is 5.26 Å². The molecule has 0 aromatic heterocycles. The molecular weight excluding hydrogens is 80.0 g/mol. The van der Waals surface area contributed by atoms with Gasteiger partial charge in [-0.25, -0.2) is 0 Å². The van der Waals surface area contributed by atoms with E-state index in [0.717, 1.165) is 6.08 Å². The molecule has 0 rings (SSSR count). The third-order valence-corrected chi connectivity index (χ3v) is 0.212. The number of aliphatic hydroxyl groups excluding tert-OH is 1. The van der Waals surface area contributed by atoms with Crippen LogP contribution in [0.25, 0.3) is 0 Å². The van der Waals surface area contributed by atoms with Crippen molar-refractivity contribution < 1.29 is 5.11 Å². The molecule has 0 heterocycles. The van der Waals surface area contributed by atoms with Crippen LogP contribution in [0.4, 0.5) is 0 Å². The zero-order valence-corrected chi connectivity index (χ0v) is 3.05. The molecule has 0 amide bonds. The maximum Gasteiger partial charge on any atom is 0.192 e. The summed E-state index contributed by atoms with van der Waals surface area (Å²) < 4.78 is 0. The van der Waals surface area contributed by atoms with Gasteiger partial charge in [0.2, 0.25) is 0 Å². The molecule has 0 aliphatic rings. The van der Waals surface area contributed by atoms with Gasteiger partial charge in [-0.05, 0) is 0 Å². The summed E-state index contributed by atoms with van der Waals surface area (Å²) in [5.74, 6) is -0.447. The van der Waals surface area contributed by atoms with Crippen LogP contribution in [0.3, 0.4) is 0 Å². The summed E-state index contributed by atoms with van der Waals surface area (Å²) in [7, 11) is 0. The topological polar surface area (TPSA) is 70.0 Å². The highest BCUT2D eigenvalue weighted by Crippen LogP contribution is 1.66. The highest BCUT2D eigenvalue weighted by Gasteiger charge is 1.69. The lowest BCUT2D eigenvalue weighted by molar-refractivity contribution is 0.406. The fraction of sp³-hybridized carbons (Fsp3) is 0. The first-order valence-electron chi connectivity index (χ1n) is 1.31. The number of nitrogens with two attached hydrogens (primary N) is 1. The van der Waals surface area contributed by atoms with E-state index in [0.29, 0.717) is 0 Å². The molecule has 0 aliphatic carbocycles. The van der Waals surface area contributed by atoms with Crippen molar-refractivity contribution in [3.63, 3.8) is 0 Å². The van der Waals surface area contributed by atoms with Gasteiger partial charge < -0.3 is 10.8 Å². The third-order valence-electron chi connectivity index (χ3n) is 0.212. The van der Waals surface area contributed by atoms with Crippen molar-refractivity contribution in [1.82, 2.24) is 0 Å². The minimum atomic E-state index is -0.447. The van der Waals surface area contributed by atoms with Crippen molar-refractivity contribution in [2.45, 2.75) is 0 Å². The average molecular weight is 84.1 g/mol. The summed E-state index contributed by atoms with van der Waals surface area (Å²) in [6.07, 6.45) is 0.847. The van der Waals surface area contributed by atoms with Crippen LogP contribution in [-0.4, -0.2) is 5.11 Å². The number of allylic oxidation sites excluding steroid dienone is 1. The Morgan fingerprint density at radius 2 is 2.50 bits per heavy atom. The van der Waals surface area contributed by atoms with Crippen LogP contribution in [0.1, 0.15) is 0 Å². The fourth-order valence-electron chi connectivity index (χ4n) is 0.0661. The van der Waals surface area contributed by atoms with Crippen molar-refractivity contribution in [3.8, 4) is 6.07 Å². The summed E-state index contributed by atoms with van der Waals surface area (Å²) in [6, 6.07) is 1.53. The lowest BCUT2D eigenvalue weighted by atomic mass is 10.6. The minimum absolute atomic E-state index is 0.447. The first kappa shape index (κ1) is 4.83. The predicted molar refractivity (Wildman–Crippen MR) is 20.5 cm³/mol. The van der Waals surface area contributed by atoms with Gasteiger partial charge in [0.15, 0.2) is 5.88 Å². The summed E-state index contributed by atoms with van der Waals surface area (Å²) in [5.41, 5.74) is 4.60. The van der Waals surface area contributed by atoms with E-state index in [2.05, 4.69) is 5.73 Å². The predicted octanol–water partition coefficient (Wildman–Crippen LogP) is -0.132. The number of hydrogen-bond acceptors (Lipinski definition) is 3. The average Bonchev–Trinajstić information content (AvgIpc) is 1.35.